The molecule has 0 aromatic heterocycles. The number of nitrogens with one attached hydrogen (secondary N) is 3. The van der Waals surface area contributed by atoms with Crippen LogP contribution in [0.4, 0.5) is 4.79 Å². The number of urea groups is 1. The van der Waals surface area contributed by atoms with E-state index >= 15 is 0 Å². The van der Waals surface area contributed by atoms with E-state index < -0.39 is 66.3 Å². The number of rotatable bonds is 14. The smallest absolute Gasteiger partial charge is 0.328 e. The first-order chi connectivity index (χ1) is 22.3. The molecule has 47 heavy (non-hydrogen) atoms. The summed E-state index contributed by atoms with van der Waals surface area (Å²) in [7, 11) is 0. The lowest BCUT2D eigenvalue weighted by atomic mass is 9.89. The van der Waals surface area contributed by atoms with Gasteiger partial charge in [-0.05, 0) is 23.6 Å². The van der Waals surface area contributed by atoms with E-state index in [1.165, 1.54) is 24.0 Å². The average Bonchev–Trinajstić information content (AvgIpc) is 3.21. The molecule has 1 fully saturated rings. The second-order valence-electron chi connectivity index (χ2n) is 11.1. The van der Waals surface area contributed by atoms with Crippen LogP contribution in [0.5, 0.6) is 0 Å². The number of nitrogens with two attached hydrogens (primary N) is 1. The Kier molecular flexibility index (Phi) is 10.3. The molecular weight excluding hydrogens is 608 g/mol. The van der Waals surface area contributed by atoms with Crippen molar-refractivity contribution in [3.63, 3.8) is 0 Å². The molecule has 1 heterocycles. The van der Waals surface area contributed by atoms with Crippen LogP contribution in [0, 0.1) is 5.41 Å². The number of carboxylic acid groups (broad SMARTS) is 2. The number of aliphatic carboxylic acids is 2. The summed E-state index contributed by atoms with van der Waals surface area (Å²) in [6.07, 6.45) is -0.993. The molecule has 0 bridgehead atoms. The van der Waals surface area contributed by atoms with Crippen molar-refractivity contribution < 1.29 is 39.0 Å². The van der Waals surface area contributed by atoms with Crippen LogP contribution in [0.1, 0.15) is 35.6 Å². The molecule has 1 saturated heterocycles. The zero-order chi connectivity index (χ0) is 34.3. The summed E-state index contributed by atoms with van der Waals surface area (Å²) in [5.74, 6) is -5.85. The maximum absolute atomic E-state index is 14.0. The number of amides is 5. The third-order valence-corrected chi connectivity index (χ3v) is 7.83. The average molecular weight is 643 g/mol. The highest BCUT2D eigenvalue weighted by Crippen LogP contribution is 2.38. The van der Waals surface area contributed by atoms with E-state index in [4.69, 9.17) is 11.1 Å². The number of benzene rings is 3. The highest BCUT2D eigenvalue weighted by molar-refractivity contribution is 6.09. The number of hydrogen-bond donors (Lipinski definition) is 6. The zero-order valence-electron chi connectivity index (χ0n) is 25.4. The van der Waals surface area contributed by atoms with Gasteiger partial charge in [-0.1, -0.05) is 84.9 Å². The second-order valence-corrected chi connectivity index (χ2v) is 11.1. The van der Waals surface area contributed by atoms with Crippen LogP contribution in [0.25, 0.3) is 0 Å². The number of carbonyl (C=O) groups is 6. The lowest BCUT2D eigenvalue weighted by Gasteiger charge is -2.32. The van der Waals surface area contributed by atoms with Crippen molar-refractivity contribution in [3.8, 4) is 0 Å². The van der Waals surface area contributed by atoms with Gasteiger partial charge in [0.25, 0.3) is 5.91 Å². The fourth-order valence-electron chi connectivity index (χ4n) is 5.28. The summed E-state index contributed by atoms with van der Waals surface area (Å²) in [6, 6.07) is 19.6. The molecule has 7 N–H and O–H groups in total. The molecule has 244 valence electrons. The van der Waals surface area contributed by atoms with Crippen molar-refractivity contribution >= 4 is 41.5 Å². The first-order valence-electron chi connectivity index (χ1n) is 14.5. The van der Waals surface area contributed by atoms with Gasteiger partial charge < -0.3 is 31.5 Å². The predicted molar refractivity (Wildman–Crippen MR) is 168 cm³/mol. The number of hydrogen-bond acceptors (Lipinski definition) is 7. The van der Waals surface area contributed by atoms with E-state index in [-0.39, 0.29) is 18.8 Å². The van der Waals surface area contributed by atoms with Crippen LogP contribution in [-0.2, 0) is 42.5 Å². The summed E-state index contributed by atoms with van der Waals surface area (Å²) >= 11 is 0. The van der Waals surface area contributed by atoms with Gasteiger partial charge in [-0.2, -0.15) is 0 Å². The van der Waals surface area contributed by atoms with Crippen LogP contribution in [0.2, 0.25) is 0 Å². The molecule has 1 unspecified atom stereocenters. The van der Waals surface area contributed by atoms with Gasteiger partial charge in [0.1, 0.15) is 30.0 Å². The van der Waals surface area contributed by atoms with Crippen LogP contribution < -0.4 is 16.4 Å². The van der Waals surface area contributed by atoms with Gasteiger partial charge >= 0.3 is 18.0 Å². The molecule has 0 aliphatic carbocycles. The Hall–Kier alpha value is -6.05. The van der Waals surface area contributed by atoms with Crippen molar-refractivity contribution in [1.29, 1.82) is 5.41 Å². The van der Waals surface area contributed by atoms with Gasteiger partial charge in [-0.15, -0.1) is 0 Å². The standard InChI is InChI=1S/C33H34N6O8/c1-33(23-14-12-22(13-15-23)28(34)35)31(46)38(32(47)39(33)18-21-10-6-3-7-11-21)19-26(40)36-24(17-27(41)42)29(43)37-25(30(44)45)16-20-8-4-2-5-9-20/h2-15,24-25H,16-19H2,1H3,(H3,34,35)(H,36,40)(H,37,43)(H,41,42)(H,44,45)/t24-,25-,33?/m0/s1. The topological polar surface area (TPSA) is 223 Å². The first-order valence-corrected chi connectivity index (χ1v) is 14.5. The summed E-state index contributed by atoms with van der Waals surface area (Å²) in [5.41, 5.74) is 6.08. The molecule has 0 spiro atoms. The van der Waals surface area contributed by atoms with Crippen molar-refractivity contribution in [1.82, 2.24) is 20.4 Å². The first kappa shape index (κ1) is 33.8. The van der Waals surface area contributed by atoms with E-state index in [1.807, 2.05) is 0 Å². The summed E-state index contributed by atoms with van der Waals surface area (Å²) in [4.78, 5) is 79.5. The largest absolute Gasteiger partial charge is 0.481 e. The van der Waals surface area contributed by atoms with Crippen molar-refractivity contribution in [3.05, 3.63) is 107 Å². The van der Waals surface area contributed by atoms with E-state index in [9.17, 15) is 39.0 Å². The van der Waals surface area contributed by atoms with E-state index in [0.717, 1.165) is 0 Å². The van der Waals surface area contributed by atoms with Crippen molar-refractivity contribution in [2.75, 3.05) is 6.54 Å². The zero-order valence-corrected chi connectivity index (χ0v) is 25.4. The molecule has 1 aliphatic rings. The van der Waals surface area contributed by atoms with Crippen LogP contribution in [-0.4, -0.2) is 80.2 Å². The molecule has 5 amide bonds. The maximum atomic E-state index is 14.0. The minimum absolute atomic E-state index is 0.00344. The summed E-state index contributed by atoms with van der Waals surface area (Å²) < 4.78 is 0. The predicted octanol–water partition coefficient (Wildman–Crippen LogP) is 1.42. The number of amidine groups is 1. The lowest BCUT2D eigenvalue weighted by molar-refractivity contribution is -0.143. The SMILES string of the molecule is CC1(c2ccc(C(=N)N)cc2)C(=O)N(CC(=O)N[C@@H](CC(=O)O)C(=O)N[C@@H](Cc2ccccc2)C(=O)O)C(=O)N1Cc1ccccc1. The Morgan fingerprint density at radius 1 is 0.851 bits per heavy atom. The van der Waals surface area contributed by atoms with E-state index in [0.29, 0.717) is 27.2 Å². The number of carboxylic acids is 2. The number of nitrogens with zero attached hydrogens (tertiary/aromatic N) is 2. The molecule has 14 heteroatoms. The summed E-state index contributed by atoms with van der Waals surface area (Å²) in [6.45, 7) is 0.673. The molecular formula is C33H34N6O8. The number of nitrogen functional groups attached to an aromatic ring is 1. The maximum Gasteiger partial charge on any atom is 0.328 e. The third-order valence-electron chi connectivity index (χ3n) is 7.83. The molecule has 0 radical (unpaired) electrons. The minimum atomic E-state index is -1.71. The molecule has 3 aromatic carbocycles. The number of imide groups is 1. The molecule has 3 atom stereocenters. The molecule has 14 nitrogen and oxygen atoms in total. The highest BCUT2D eigenvalue weighted by Gasteiger charge is 2.55. The normalized spacial score (nSPS) is 17.1. The number of carbonyl (C=O) groups excluding carboxylic acids is 4. The molecule has 4 rings (SSSR count). The van der Waals surface area contributed by atoms with Crippen LogP contribution >= 0.6 is 0 Å². The second kappa shape index (κ2) is 14.4. The molecule has 0 saturated carbocycles. The monoisotopic (exact) mass is 642 g/mol. The van der Waals surface area contributed by atoms with Crippen molar-refractivity contribution in [2.45, 2.75) is 43.9 Å². The van der Waals surface area contributed by atoms with Gasteiger partial charge in [0.2, 0.25) is 11.8 Å². The Labute approximate surface area is 269 Å². The van der Waals surface area contributed by atoms with Gasteiger partial charge in [-0.25, -0.2) is 9.59 Å². The van der Waals surface area contributed by atoms with Gasteiger partial charge in [-0.3, -0.25) is 29.5 Å². The van der Waals surface area contributed by atoms with Crippen LogP contribution in [0.3, 0.4) is 0 Å². The Morgan fingerprint density at radius 3 is 1.96 bits per heavy atom. The highest BCUT2D eigenvalue weighted by atomic mass is 16.4. The van der Waals surface area contributed by atoms with Gasteiger partial charge in [0, 0.05) is 18.5 Å². The van der Waals surface area contributed by atoms with Crippen LogP contribution in [0.15, 0.2) is 84.9 Å². The molecule has 3 aromatic rings. The van der Waals surface area contributed by atoms with E-state index in [2.05, 4.69) is 10.6 Å². The Balaban J connectivity index is 1.56. The van der Waals surface area contributed by atoms with Gasteiger partial charge in [0.05, 0.1) is 6.42 Å². The Morgan fingerprint density at radius 2 is 1.43 bits per heavy atom. The van der Waals surface area contributed by atoms with Gasteiger partial charge in [0.15, 0.2) is 0 Å². The van der Waals surface area contributed by atoms with E-state index in [1.54, 1.807) is 72.8 Å². The lowest BCUT2D eigenvalue weighted by Crippen LogP contribution is -2.54. The fourth-order valence-corrected chi connectivity index (χ4v) is 5.28. The minimum Gasteiger partial charge on any atom is -0.481 e. The Bertz CT molecular complexity index is 1680. The van der Waals surface area contributed by atoms with Crippen molar-refractivity contribution in [2.24, 2.45) is 5.73 Å². The fraction of sp³-hybridized carbons (Fsp3) is 0.242. The molecule has 1 aliphatic heterocycles. The summed E-state index contributed by atoms with van der Waals surface area (Å²) in [5, 5.41) is 31.3. The quantitative estimate of drug-likeness (QED) is 0.0849. The third kappa shape index (κ3) is 7.79.